The quantitative estimate of drug-likeness (QED) is 0.862. The van der Waals surface area contributed by atoms with Crippen LogP contribution in [0.15, 0.2) is 4.42 Å². The summed E-state index contributed by atoms with van der Waals surface area (Å²) in [5.74, 6) is 3.65. The van der Waals surface area contributed by atoms with Gasteiger partial charge in [0.25, 0.3) is 0 Å². The fourth-order valence-corrected chi connectivity index (χ4v) is 4.23. The summed E-state index contributed by atoms with van der Waals surface area (Å²) in [5, 5.41) is 3.44. The van der Waals surface area contributed by atoms with Gasteiger partial charge in [0, 0.05) is 24.3 Å². The van der Waals surface area contributed by atoms with Crippen molar-refractivity contribution in [2.45, 2.75) is 52.0 Å². The van der Waals surface area contributed by atoms with Crippen LogP contribution in [0, 0.1) is 17.8 Å². The molecule has 3 aliphatic rings. The van der Waals surface area contributed by atoms with E-state index in [2.05, 4.69) is 31.1 Å². The van der Waals surface area contributed by atoms with Crippen molar-refractivity contribution < 1.29 is 9.21 Å². The van der Waals surface area contributed by atoms with E-state index in [9.17, 15) is 4.79 Å². The highest BCUT2D eigenvalue weighted by Gasteiger charge is 2.47. The lowest BCUT2D eigenvalue weighted by atomic mass is 9.61. The summed E-state index contributed by atoms with van der Waals surface area (Å²) in [5.41, 5.74) is 0.883. The van der Waals surface area contributed by atoms with Gasteiger partial charge in [0.05, 0.1) is 6.54 Å². The number of hydrogen-bond acceptors (Lipinski definition) is 4. The van der Waals surface area contributed by atoms with Crippen LogP contribution < -0.4 is 5.32 Å². The second kappa shape index (κ2) is 5.33. The third-order valence-corrected chi connectivity index (χ3v) is 5.75. The Morgan fingerprint density at radius 1 is 1.39 bits per heavy atom. The molecule has 1 aliphatic carbocycles. The molecule has 0 bridgehead atoms. The number of carbonyl (C=O) groups excluding carboxylic acids is 1. The first-order valence-electron chi connectivity index (χ1n) is 8.92. The molecule has 3 atom stereocenters. The molecule has 2 fully saturated rings. The predicted molar refractivity (Wildman–Crippen MR) is 86.9 cm³/mol. The van der Waals surface area contributed by atoms with Gasteiger partial charge < -0.3 is 14.6 Å². The molecule has 1 aromatic heterocycles. The van der Waals surface area contributed by atoms with E-state index in [1.54, 1.807) is 0 Å². The number of fused-ring (bicyclic) bond motifs is 2. The Hall–Kier alpha value is -1.36. The third-order valence-electron chi connectivity index (χ3n) is 5.75. The maximum Gasteiger partial charge on any atom is 0.226 e. The second-order valence-corrected chi connectivity index (χ2v) is 8.41. The summed E-state index contributed by atoms with van der Waals surface area (Å²) >= 11 is 0. The minimum Gasteiger partial charge on any atom is -0.445 e. The normalized spacial score (nSPS) is 30.4. The monoisotopic (exact) mass is 317 g/mol. The van der Waals surface area contributed by atoms with Crippen molar-refractivity contribution in [2.75, 3.05) is 19.6 Å². The first-order chi connectivity index (χ1) is 10.9. The van der Waals surface area contributed by atoms with Crippen LogP contribution in [-0.4, -0.2) is 35.4 Å². The zero-order chi connectivity index (χ0) is 16.2. The predicted octanol–water partition coefficient (Wildman–Crippen LogP) is 2.10. The number of nitrogens with zero attached hydrogens (tertiary/aromatic N) is 2. The number of piperidine rings is 1. The topological polar surface area (TPSA) is 58.4 Å². The van der Waals surface area contributed by atoms with Crippen molar-refractivity contribution in [3.63, 3.8) is 0 Å². The van der Waals surface area contributed by atoms with Gasteiger partial charge >= 0.3 is 0 Å². The molecule has 126 valence electrons. The van der Waals surface area contributed by atoms with Gasteiger partial charge in [-0.05, 0) is 37.8 Å². The highest BCUT2D eigenvalue weighted by Crippen LogP contribution is 2.45. The average Bonchev–Trinajstić information content (AvgIpc) is 2.91. The molecule has 2 aliphatic heterocycles. The van der Waals surface area contributed by atoms with E-state index in [0.29, 0.717) is 18.4 Å². The SMILES string of the molecule is CC(C)(C)c1nc2c(o1)CCN(C(=O)[C@@H]1C[C@H]3CCNC[C@H]31)C2. The van der Waals surface area contributed by atoms with Crippen LogP contribution in [0.2, 0.25) is 0 Å². The first-order valence-corrected chi connectivity index (χ1v) is 8.92. The van der Waals surface area contributed by atoms with E-state index in [1.165, 1.54) is 6.42 Å². The highest BCUT2D eigenvalue weighted by atomic mass is 16.4. The standard InChI is InChI=1S/C18H27N3O2/c1-18(2,3)17-20-14-10-21(7-5-15(14)23-17)16(22)12-8-11-4-6-19-9-13(11)12/h11-13,19H,4-10H2,1-3H3/t11-,12-,13-/m1/s1. The van der Waals surface area contributed by atoms with E-state index in [1.807, 2.05) is 4.90 Å². The third kappa shape index (κ3) is 2.59. The molecule has 3 heterocycles. The van der Waals surface area contributed by atoms with Crippen LogP contribution in [0.1, 0.15) is 51.0 Å². The van der Waals surface area contributed by atoms with E-state index in [4.69, 9.17) is 4.42 Å². The molecule has 5 heteroatoms. The van der Waals surface area contributed by atoms with Gasteiger partial charge in [0.2, 0.25) is 5.91 Å². The Kier molecular flexibility index (Phi) is 3.52. The molecule has 5 nitrogen and oxygen atoms in total. The largest absolute Gasteiger partial charge is 0.445 e. The molecule has 1 saturated heterocycles. The number of aromatic nitrogens is 1. The van der Waals surface area contributed by atoms with Crippen LogP contribution in [-0.2, 0) is 23.2 Å². The van der Waals surface area contributed by atoms with Crippen LogP contribution in [0.4, 0.5) is 0 Å². The smallest absolute Gasteiger partial charge is 0.226 e. The van der Waals surface area contributed by atoms with Crippen molar-refractivity contribution in [3.05, 3.63) is 17.3 Å². The van der Waals surface area contributed by atoms with E-state index < -0.39 is 0 Å². The Morgan fingerprint density at radius 2 is 2.22 bits per heavy atom. The molecule has 0 unspecified atom stereocenters. The molecular formula is C18H27N3O2. The summed E-state index contributed by atoms with van der Waals surface area (Å²) in [7, 11) is 0. The molecular weight excluding hydrogens is 290 g/mol. The first kappa shape index (κ1) is 15.2. The van der Waals surface area contributed by atoms with E-state index in [0.717, 1.165) is 55.7 Å². The number of nitrogens with one attached hydrogen (secondary N) is 1. The lowest BCUT2D eigenvalue weighted by Gasteiger charge is -2.48. The number of oxazole rings is 1. The fourth-order valence-electron chi connectivity index (χ4n) is 4.23. The van der Waals surface area contributed by atoms with Crippen molar-refractivity contribution in [1.29, 1.82) is 0 Å². The van der Waals surface area contributed by atoms with Crippen LogP contribution in [0.3, 0.4) is 0 Å². The molecule has 1 amide bonds. The molecule has 4 rings (SSSR count). The van der Waals surface area contributed by atoms with Gasteiger partial charge in [-0.2, -0.15) is 0 Å². The Balaban J connectivity index is 1.45. The van der Waals surface area contributed by atoms with Crippen LogP contribution in [0.25, 0.3) is 0 Å². The van der Waals surface area contributed by atoms with Crippen molar-refractivity contribution in [1.82, 2.24) is 15.2 Å². The maximum absolute atomic E-state index is 12.9. The lowest BCUT2D eigenvalue weighted by molar-refractivity contribution is -0.146. The van der Waals surface area contributed by atoms with Gasteiger partial charge in [0.15, 0.2) is 5.89 Å². The van der Waals surface area contributed by atoms with Gasteiger partial charge in [-0.3, -0.25) is 4.79 Å². The van der Waals surface area contributed by atoms with Gasteiger partial charge in [-0.1, -0.05) is 20.8 Å². The summed E-state index contributed by atoms with van der Waals surface area (Å²) in [6.45, 7) is 9.84. The summed E-state index contributed by atoms with van der Waals surface area (Å²) in [4.78, 5) is 19.6. The number of amides is 1. The Morgan fingerprint density at radius 3 is 2.96 bits per heavy atom. The summed E-state index contributed by atoms with van der Waals surface area (Å²) < 4.78 is 5.93. The minimum absolute atomic E-state index is 0.0822. The Bertz CT molecular complexity index is 616. The molecule has 1 aromatic rings. The zero-order valence-electron chi connectivity index (χ0n) is 14.4. The number of hydrogen-bond donors (Lipinski definition) is 1. The molecule has 0 radical (unpaired) electrons. The summed E-state index contributed by atoms with van der Waals surface area (Å²) in [6.07, 6.45) is 3.11. The van der Waals surface area contributed by atoms with Gasteiger partial charge in [-0.15, -0.1) is 0 Å². The van der Waals surface area contributed by atoms with Crippen LogP contribution >= 0.6 is 0 Å². The van der Waals surface area contributed by atoms with Gasteiger partial charge in [-0.25, -0.2) is 4.98 Å². The number of rotatable bonds is 1. The van der Waals surface area contributed by atoms with E-state index in [-0.39, 0.29) is 11.3 Å². The molecule has 0 spiro atoms. The second-order valence-electron chi connectivity index (χ2n) is 8.41. The maximum atomic E-state index is 12.9. The van der Waals surface area contributed by atoms with Crippen LogP contribution in [0.5, 0.6) is 0 Å². The molecule has 1 saturated carbocycles. The highest BCUT2D eigenvalue weighted by molar-refractivity contribution is 5.80. The zero-order valence-corrected chi connectivity index (χ0v) is 14.4. The molecule has 23 heavy (non-hydrogen) atoms. The fraction of sp³-hybridized carbons (Fsp3) is 0.778. The van der Waals surface area contributed by atoms with Gasteiger partial charge in [0.1, 0.15) is 11.5 Å². The number of carbonyl (C=O) groups is 1. The van der Waals surface area contributed by atoms with Crippen molar-refractivity contribution in [3.8, 4) is 0 Å². The minimum atomic E-state index is -0.0822. The lowest BCUT2D eigenvalue weighted by Crippen LogP contribution is -2.55. The molecule has 0 aromatic carbocycles. The molecule has 1 N–H and O–H groups in total. The van der Waals surface area contributed by atoms with E-state index >= 15 is 0 Å². The Labute approximate surface area is 137 Å². The summed E-state index contributed by atoms with van der Waals surface area (Å²) in [6, 6.07) is 0. The average molecular weight is 317 g/mol. The van der Waals surface area contributed by atoms with Crippen molar-refractivity contribution >= 4 is 5.91 Å². The van der Waals surface area contributed by atoms with Crippen molar-refractivity contribution in [2.24, 2.45) is 17.8 Å².